The summed E-state index contributed by atoms with van der Waals surface area (Å²) in [4.78, 5) is 35.8. The van der Waals surface area contributed by atoms with E-state index in [1.807, 2.05) is 0 Å². The standard InChI is InChI=1S/C15H19N3O4/c1-10(19)17-12-5-3-4-11(8-12)14(20)16-7-6-13-9-18(2)15(21)22-13/h3-5,8,13H,6-7,9H2,1-2H3,(H,16,20)(H,17,19). The summed E-state index contributed by atoms with van der Waals surface area (Å²) in [5, 5.41) is 5.40. The topological polar surface area (TPSA) is 87.7 Å². The molecule has 1 aromatic rings. The van der Waals surface area contributed by atoms with Crippen LogP contribution in [0.5, 0.6) is 0 Å². The van der Waals surface area contributed by atoms with E-state index in [2.05, 4.69) is 10.6 Å². The van der Waals surface area contributed by atoms with Crippen LogP contribution in [-0.2, 0) is 9.53 Å². The Kier molecular flexibility index (Phi) is 4.98. The van der Waals surface area contributed by atoms with E-state index < -0.39 is 0 Å². The Morgan fingerprint density at radius 3 is 2.82 bits per heavy atom. The van der Waals surface area contributed by atoms with Gasteiger partial charge in [-0.05, 0) is 18.2 Å². The van der Waals surface area contributed by atoms with Crippen molar-refractivity contribution >= 4 is 23.6 Å². The van der Waals surface area contributed by atoms with Crippen molar-refractivity contribution in [2.75, 3.05) is 25.5 Å². The molecule has 118 valence electrons. The van der Waals surface area contributed by atoms with Gasteiger partial charge >= 0.3 is 6.09 Å². The molecule has 0 radical (unpaired) electrons. The molecule has 1 saturated heterocycles. The lowest BCUT2D eigenvalue weighted by Gasteiger charge is -2.10. The Bertz CT molecular complexity index is 588. The third-order valence-corrected chi connectivity index (χ3v) is 3.25. The van der Waals surface area contributed by atoms with Crippen LogP contribution in [0.3, 0.4) is 0 Å². The molecule has 1 heterocycles. The molecule has 1 atom stereocenters. The highest BCUT2D eigenvalue weighted by molar-refractivity contribution is 5.96. The van der Waals surface area contributed by atoms with Crippen molar-refractivity contribution < 1.29 is 19.1 Å². The molecule has 0 bridgehead atoms. The first-order valence-corrected chi connectivity index (χ1v) is 7.03. The first kappa shape index (κ1) is 15.8. The predicted molar refractivity (Wildman–Crippen MR) is 80.6 cm³/mol. The average Bonchev–Trinajstić information content (AvgIpc) is 2.77. The van der Waals surface area contributed by atoms with Gasteiger partial charge in [-0.25, -0.2) is 4.79 Å². The number of likely N-dealkylation sites (N-methyl/N-ethyl adjacent to an activating group) is 1. The summed E-state index contributed by atoms with van der Waals surface area (Å²) in [7, 11) is 1.68. The molecule has 1 fully saturated rings. The van der Waals surface area contributed by atoms with Crippen LogP contribution >= 0.6 is 0 Å². The highest BCUT2D eigenvalue weighted by atomic mass is 16.6. The maximum Gasteiger partial charge on any atom is 0.409 e. The van der Waals surface area contributed by atoms with Crippen molar-refractivity contribution in [3.05, 3.63) is 29.8 Å². The highest BCUT2D eigenvalue weighted by Gasteiger charge is 2.27. The summed E-state index contributed by atoms with van der Waals surface area (Å²) in [5.74, 6) is -0.422. The second-order valence-corrected chi connectivity index (χ2v) is 5.19. The summed E-state index contributed by atoms with van der Waals surface area (Å²) >= 11 is 0. The molecule has 1 aromatic carbocycles. The number of amides is 3. The highest BCUT2D eigenvalue weighted by Crippen LogP contribution is 2.12. The Morgan fingerprint density at radius 1 is 1.41 bits per heavy atom. The summed E-state index contributed by atoms with van der Waals surface area (Å²) in [5.41, 5.74) is 1.04. The normalized spacial score (nSPS) is 17.1. The van der Waals surface area contributed by atoms with E-state index in [0.717, 1.165) is 0 Å². The summed E-state index contributed by atoms with van der Waals surface area (Å²) < 4.78 is 5.11. The number of cyclic esters (lactones) is 1. The molecule has 22 heavy (non-hydrogen) atoms. The average molecular weight is 305 g/mol. The first-order chi connectivity index (χ1) is 10.5. The van der Waals surface area contributed by atoms with Gasteiger partial charge in [0.15, 0.2) is 0 Å². The maximum atomic E-state index is 12.0. The number of anilines is 1. The molecule has 0 saturated carbocycles. The number of hydrogen-bond donors (Lipinski definition) is 2. The van der Waals surface area contributed by atoms with Crippen LogP contribution in [0, 0.1) is 0 Å². The fourth-order valence-corrected chi connectivity index (χ4v) is 2.19. The molecule has 2 N–H and O–H groups in total. The molecule has 0 aromatic heterocycles. The van der Waals surface area contributed by atoms with E-state index in [1.165, 1.54) is 11.8 Å². The molecule has 7 nitrogen and oxygen atoms in total. The van der Waals surface area contributed by atoms with Gasteiger partial charge in [0.05, 0.1) is 6.54 Å². The molecule has 1 unspecified atom stereocenters. The van der Waals surface area contributed by atoms with Crippen LogP contribution < -0.4 is 10.6 Å². The Balaban J connectivity index is 1.82. The van der Waals surface area contributed by atoms with Gasteiger partial charge in [-0.2, -0.15) is 0 Å². The van der Waals surface area contributed by atoms with Crippen molar-refractivity contribution in [1.82, 2.24) is 10.2 Å². The van der Waals surface area contributed by atoms with Crippen molar-refractivity contribution in [2.24, 2.45) is 0 Å². The second kappa shape index (κ2) is 6.93. The van der Waals surface area contributed by atoms with E-state index in [4.69, 9.17) is 4.74 Å². The van der Waals surface area contributed by atoms with Crippen molar-refractivity contribution in [3.63, 3.8) is 0 Å². The van der Waals surface area contributed by atoms with Gasteiger partial charge in [-0.3, -0.25) is 9.59 Å². The number of ether oxygens (including phenoxy) is 1. The van der Waals surface area contributed by atoms with Crippen LogP contribution in [0.2, 0.25) is 0 Å². The number of nitrogens with one attached hydrogen (secondary N) is 2. The van der Waals surface area contributed by atoms with Crippen LogP contribution in [0.15, 0.2) is 24.3 Å². The van der Waals surface area contributed by atoms with Crippen molar-refractivity contribution in [3.8, 4) is 0 Å². The summed E-state index contributed by atoms with van der Waals surface area (Å²) in [6.45, 7) is 2.36. The minimum absolute atomic E-state index is 0.190. The summed E-state index contributed by atoms with van der Waals surface area (Å²) in [6, 6.07) is 6.70. The monoisotopic (exact) mass is 305 g/mol. The zero-order valence-corrected chi connectivity index (χ0v) is 12.6. The van der Waals surface area contributed by atoms with Crippen molar-refractivity contribution in [1.29, 1.82) is 0 Å². The quantitative estimate of drug-likeness (QED) is 0.856. The number of hydrogen-bond acceptors (Lipinski definition) is 4. The number of benzene rings is 1. The minimum Gasteiger partial charge on any atom is -0.444 e. The van der Waals surface area contributed by atoms with Crippen LogP contribution in [0.1, 0.15) is 23.7 Å². The molecule has 0 aliphatic carbocycles. The van der Waals surface area contributed by atoms with E-state index in [1.54, 1.807) is 31.3 Å². The maximum absolute atomic E-state index is 12.0. The lowest BCUT2D eigenvalue weighted by molar-refractivity contribution is -0.114. The Hall–Kier alpha value is -2.57. The predicted octanol–water partition coefficient (Wildman–Crippen LogP) is 1.22. The third kappa shape index (κ3) is 4.21. The number of rotatable bonds is 5. The Labute approximate surface area is 128 Å². The van der Waals surface area contributed by atoms with Crippen LogP contribution in [0.4, 0.5) is 10.5 Å². The second-order valence-electron chi connectivity index (χ2n) is 5.19. The lowest BCUT2D eigenvalue weighted by atomic mass is 10.1. The van der Waals surface area contributed by atoms with Gasteiger partial charge in [0.25, 0.3) is 5.91 Å². The third-order valence-electron chi connectivity index (χ3n) is 3.25. The van der Waals surface area contributed by atoms with Gasteiger partial charge < -0.3 is 20.3 Å². The van der Waals surface area contributed by atoms with Gasteiger partial charge in [0.1, 0.15) is 6.10 Å². The number of carbonyl (C=O) groups excluding carboxylic acids is 3. The van der Waals surface area contributed by atoms with Gasteiger partial charge in [0.2, 0.25) is 5.91 Å². The minimum atomic E-state index is -0.334. The van der Waals surface area contributed by atoms with E-state index >= 15 is 0 Å². The van der Waals surface area contributed by atoms with Gasteiger partial charge in [-0.15, -0.1) is 0 Å². The van der Waals surface area contributed by atoms with Gasteiger partial charge in [-0.1, -0.05) is 6.07 Å². The van der Waals surface area contributed by atoms with Crippen LogP contribution in [0.25, 0.3) is 0 Å². The molecular weight excluding hydrogens is 286 g/mol. The smallest absolute Gasteiger partial charge is 0.409 e. The summed E-state index contributed by atoms with van der Waals surface area (Å²) in [6.07, 6.45) is 0.0376. The zero-order valence-electron chi connectivity index (χ0n) is 12.6. The van der Waals surface area contributed by atoms with Crippen molar-refractivity contribution in [2.45, 2.75) is 19.4 Å². The molecule has 1 aliphatic rings. The van der Waals surface area contributed by atoms with Gasteiger partial charge in [0, 0.05) is 38.2 Å². The Morgan fingerprint density at radius 2 is 2.18 bits per heavy atom. The number of nitrogens with zero attached hydrogens (tertiary/aromatic N) is 1. The zero-order chi connectivity index (χ0) is 16.1. The molecule has 7 heteroatoms. The fourth-order valence-electron chi connectivity index (χ4n) is 2.19. The largest absolute Gasteiger partial charge is 0.444 e. The van der Waals surface area contributed by atoms with E-state index in [-0.39, 0.29) is 24.0 Å². The molecule has 0 spiro atoms. The lowest BCUT2D eigenvalue weighted by Crippen LogP contribution is -2.28. The fraction of sp³-hybridized carbons (Fsp3) is 0.400. The molecular formula is C15H19N3O4. The first-order valence-electron chi connectivity index (χ1n) is 7.03. The van der Waals surface area contributed by atoms with Crippen LogP contribution in [-0.4, -0.2) is 49.0 Å². The molecule has 2 rings (SSSR count). The molecule has 3 amide bonds. The van der Waals surface area contributed by atoms with E-state index in [9.17, 15) is 14.4 Å². The number of carbonyl (C=O) groups is 3. The SMILES string of the molecule is CC(=O)Nc1cccc(C(=O)NCCC2CN(C)C(=O)O2)c1. The van der Waals surface area contributed by atoms with E-state index in [0.29, 0.717) is 30.8 Å². The molecule has 1 aliphatic heterocycles.